The third-order valence-corrected chi connectivity index (χ3v) is 5.22. The molecule has 2 aromatic carbocycles. The summed E-state index contributed by atoms with van der Waals surface area (Å²) < 4.78 is 11.3. The van der Waals surface area contributed by atoms with Gasteiger partial charge in [-0.2, -0.15) is 0 Å². The lowest BCUT2D eigenvalue weighted by Crippen LogP contribution is -2.52. The molecule has 4 rings (SSSR count). The zero-order valence-corrected chi connectivity index (χ0v) is 15.4. The van der Waals surface area contributed by atoms with Crippen LogP contribution in [0.25, 0.3) is 0 Å². The first-order valence-electron chi connectivity index (χ1n) is 8.77. The average Bonchev–Trinajstić information content (AvgIpc) is 3.10. The number of amides is 1. The molecule has 0 spiro atoms. The Kier molecular flexibility index (Phi) is 4.64. The van der Waals surface area contributed by atoms with E-state index in [0.29, 0.717) is 24.5 Å². The maximum Gasteiger partial charge on any atom is 0.264 e. The number of carbonyl (C=O) groups excluding carboxylic acids is 1. The van der Waals surface area contributed by atoms with Gasteiger partial charge in [0.25, 0.3) is 5.91 Å². The van der Waals surface area contributed by atoms with E-state index in [1.165, 1.54) is 0 Å². The van der Waals surface area contributed by atoms with Gasteiger partial charge in [-0.05, 0) is 35.9 Å². The maximum atomic E-state index is 12.8. The minimum atomic E-state index is -0.443. The number of hydrogen-bond donors (Lipinski definition) is 0. The Morgan fingerprint density at radius 3 is 2.69 bits per heavy atom. The summed E-state index contributed by atoms with van der Waals surface area (Å²) in [4.78, 5) is 17.0. The lowest BCUT2D eigenvalue weighted by atomic mass is 10.1. The molecule has 0 saturated carbocycles. The molecule has 0 aliphatic carbocycles. The number of methoxy groups -OCH3 is 1. The van der Waals surface area contributed by atoms with E-state index in [0.717, 1.165) is 35.8 Å². The summed E-state index contributed by atoms with van der Waals surface area (Å²) >= 11 is 6.03. The first-order valence-corrected chi connectivity index (χ1v) is 9.15. The standard InChI is InChI=1S/C20H21ClN2O3/c1-25-18-5-3-2-4-16(18)22-8-10-23(11-9-22)20(24)19-13-14-12-15(21)6-7-17(14)26-19/h2-7,12,19H,8-11,13H2,1H3/t19-/m1/s1. The van der Waals surface area contributed by atoms with Gasteiger partial charge in [-0.1, -0.05) is 23.7 Å². The van der Waals surface area contributed by atoms with Crippen LogP contribution < -0.4 is 14.4 Å². The number of hydrogen-bond acceptors (Lipinski definition) is 4. The fraction of sp³-hybridized carbons (Fsp3) is 0.350. The predicted octanol–water partition coefficient (Wildman–Crippen LogP) is 3.00. The molecule has 0 aromatic heterocycles. The molecule has 1 atom stereocenters. The fourth-order valence-electron chi connectivity index (χ4n) is 3.62. The summed E-state index contributed by atoms with van der Waals surface area (Å²) in [5, 5.41) is 0.672. The van der Waals surface area contributed by atoms with Gasteiger partial charge in [0.15, 0.2) is 6.10 Å². The molecule has 1 amide bonds. The highest BCUT2D eigenvalue weighted by atomic mass is 35.5. The molecule has 5 nitrogen and oxygen atoms in total. The molecule has 1 fully saturated rings. The van der Waals surface area contributed by atoms with Crippen molar-refractivity contribution in [3.05, 3.63) is 53.1 Å². The largest absolute Gasteiger partial charge is 0.495 e. The molecule has 2 aliphatic heterocycles. The Balaban J connectivity index is 1.39. The van der Waals surface area contributed by atoms with Crippen molar-refractivity contribution >= 4 is 23.2 Å². The molecule has 6 heteroatoms. The van der Waals surface area contributed by atoms with Gasteiger partial charge in [-0.25, -0.2) is 0 Å². The summed E-state index contributed by atoms with van der Waals surface area (Å²) in [5.74, 6) is 1.68. The number of anilines is 1. The molecule has 0 radical (unpaired) electrons. The summed E-state index contributed by atoms with van der Waals surface area (Å²) in [6.07, 6.45) is 0.142. The summed E-state index contributed by atoms with van der Waals surface area (Å²) in [6, 6.07) is 13.5. The number of rotatable bonds is 3. The highest BCUT2D eigenvalue weighted by Crippen LogP contribution is 2.32. The van der Waals surface area contributed by atoms with E-state index in [4.69, 9.17) is 21.1 Å². The van der Waals surface area contributed by atoms with Gasteiger partial charge >= 0.3 is 0 Å². The smallest absolute Gasteiger partial charge is 0.264 e. The van der Waals surface area contributed by atoms with Crippen molar-refractivity contribution in [1.82, 2.24) is 4.90 Å². The van der Waals surface area contributed by atoms with E-state index in [2.05, 4.69) is 11.0 Å². The fourth-order valence-corrected chi connectivity index (χ4v) is 3.81. The summed E-state index contributed by atoms with van der Waals surface area (Å²) in [7, 11) is 1.68. The Labute approximate surface area is 158 Å². The molecular formula is C20H21ClN2O3. The maximum absolute atomic E-state index is 12.8. The third kappa shape index (κ3) is 3.19. The summed E-state index contributed by atoms with van der Waals surface area (Å²) in [5.41, 5.74) is 2.07. The minimum absolute atomic E-state index is 0.0528. The van der Waals surface area contributed by atoms with E-state index >= 15 is 0 Å². The molecule has 2 heterocycles. The topological polar surface area (TPSA) is 42.0 Å². The lowest BCUT2D eigenvalue weighted by Gasteiger charge is -2.37. The van der Waals surface area contributed by atoms with Crippen molar-refractivity contribution in [2.45, 2.75) is 12.5 Å². The Morgan fingerprint density at radius 1 is 1.15 bits per heavy atom. The zero-order valence-electron chi connectivity index (χ0n) is 14.7. The van der Waals surface area contributed by atoms with Crippen LogP contribution in [0.4, 0.5) is 5.69 Å². The van der Waals surface area contributed by atoms with E-state index < -0.39 is 6.10 Å². The number of piperazine rings is 1. The lowest BCUT2D eigenvalue weighted by molar-refractivity contribution is -0.138. The van der Waals surface area contributed by atoms with Crippen LogP contribution in [0, 0.1) is 0 Å². The van der Waals surface area contributed by atoms with Gasteiger partial charge < -0.3 is 19.3 Å². The van der Waals surface area contributed by atoms with Crippen LogP contribution in [0.15, 0.2) is 42.5 Å². The van der Waals surface area contributed by atoms with Crippen LogP contribution in [0.5, 0.6) is 11.5 Å². The van der Waals surface area contributed by atoms with E-state index in [1.807, 2.05) is 35.2 Å². The van der Waals surface area contributed by atoms with E-state index in [-0.39, 0.29) is 5.91 Å². The minimum Gasteiger partial charge on any atom is -0.495 e. The van der Waals surface area contributed by atoms with Crippen molar-refractivity contribution < 1.29 is 14.3 Å². The number of fused-ring (bicyclic) bond motifs is 1. The first kappa shape index (κ1) is 17.0. The molecule has 136 valence electrons. The zero-order chi connectivity index (χ0) is 18.1. The molecule has 0 unspecified atom stereocenters. The molecule has 26 heavy (non-hydrogen) atoms. The third-order valence-electron chi connectivity index (χ3n) is 4.99. The van der Waals surface area contributed by atoms with Crippen LogP contribution in [-0.2, 0) is 11.2 Å². The van der Waals surface area contributed by atoms with Crippen molar-refractivity contribution in [2.24, 2.45) is 0 Å². The Morgan fingerprint density at radius 2 is 1.92 bits per heavy atom. The average molecular weight is 373 g/mol. The molecule has 1 saturated heterocycles. The van der Waals surface area contributed by atoms with Gasteiger partial charge in [0.05, 0.1) is 12.8 Å². The van der Waals surface area contributed by atoms with Gasteiger partial charge in [0.1, 0.15) is 11.5 Å². The van der Waals surface area contributed by atoms with Gasteiger partial charge in [0.2, 0.25) is 0 Å². The van der Waals surface area contributed by atoms with Crippen LogP contribution in [-0.4, -0.2) is 50.2 Å². The van der Waals surface area contributed by atoms with Gasteiger partial charge in [0, 0.05) is 37.6 Å². The first-order chi connectivity index (χ1) is 12.7. The number of benzene rings is 2. The molecule has 2 aromatic rings. The van der Waals surface area contributed by atoms with Gasteiger partial charge in [-0.15, -0.1) is 0 Å². The second kappa shape index (κ2) is 7.08. The second-order valence-electron chi connectivity index (χ2n) is 6.55. The molecule has 0 bridgehead atoms. The highest BCUT2D eigenvalue weighted by Gasteiger charge is 2.34. The SMILES string of the molecule is COc1ccccc1N1CCN(C(=O)[C@H]2Cc3cc(Cl)ccc3O2)CC1. The van der Waals surface area contributed by atoms with Crippen molar-refractivity contribution in [3.8, 4) is 11.5 Å². The number of halogens is 1. The Hall–Kier alpha value is -2.40. The number of nitrogens with zero attached hydrogens (tertiary/aromatic N) is 2. The molecule has 0 N–H and O–H groups in total. The van der Waals surface area contributed by atoms with E-state index in [1.54, 1.807) is 13.2 Å². The van der Waals surface area contributed by atoms with Crippen LogP contribution >= 0.6 is 11.6 Å². The van der Waals surface area contributed by atoms with Crippen LogP contribution in [0.2, 0.25) is 5.02 Å². The normalized spacial score (nSPS) is 19.1. The van der Waals surface area contributed by atoms with Crippen molar-refractivity contribution in [3.63, 3.8) is 0 Å². The van der Waals surface area contributed by atoms with Crippen LogP contribution in [0.1, 0.15) is 5.56 Å². The quantitative estimate of drug-likeness (QED) is 0.830. The number of ether oxygens (including phenoxy) is 2. The number of carbonyl (C=O) groups is 1. The predicted molar refractivity (Wildman–Crippen MR) is 101 cm³/mol. The van der Waals surface area contributed by atoms with Crippen LogP contribution in [0.3, 0.4) is 0 Å². The Bertz CT molecular complexity index is 818. The number of para-hydroxylation sites is 2. The molecular weight excluding hydrogens is 352 g/mol. The highest BCUT2D eigenvalue weighted by molar-refractivity contribution is 6.30. The van der Waals surface area contributed by atoms with E-state index in [9.17, 15) is 4.79 Å². The monoisotopic (exact) mass is 372 g/mol. The van der Waals surface area contributed by atoms with Crippen molar-refractivity contribution in [1.29, 1.82) is 0 Å². The second-order valence-corrected chi connectivity index (χ2v) is 6.98. The molecule has 2 aliphatic rings. The summed E-state index contributed by atoms with van der Waals surface area (Å²) in [6.45, 7) is 2.90. The van der Waals surface area contributed by atoms with Gasteiger partial charge in [-0.3, -0.25) is 4.79 Å². The van der Waals surface area contributed by atoms with Crippen molar-refractivity contribution in [2.75, 3.05) is 38.2 Å².